The quantitative estimate of drug-likeness (QED) is 0.762. The summed E-state index contributed by atoms with van der Waals surface area (Å²) in [4.78, 5) is 3.13. The van der Waals surface area contributed by atoms with Crippen molar-refractivity contribution in [3.8, 4) is 5.75 Å². The Morgan fingerprint density at radius 2 is 2.29 bits per heavy atom. The molecule has 3 aromatic rings. The Labute approximate surface area is 127 Å². The number of hydrogen-bond donors (Lipinski definition) is 2. The molecule has 6 heteroatoms. The van der Waals surface area contributed by atoms with E-state index < -0.39 is 6.10 Å². The molecule has 0 bridgehead atoms. The van der Waals surface area contributed by atoms with Crippen LogP contribution in [0, 0.1) is 6.92 Å². The molecule has 0 spiro atoms. The van der Waals surface area contributed by atoms with Gasteiger partial charge < -0.3 is 14.8 Å². The first kappa shape index (κ1) is 14.0. The van der Waals surface area contributed by atoms with Crippen molar-refractivity contribution in [2.45, 2.75) is 19.6 Å². The predicted octanol–water partition coefficient (Wildman–Crippen LogP) is 2.77. The van der Waals surface area contributed by atoms with Crippen molar-refractivity contribution in [3.63, 3.8) is 0 Å². The SMILES string of the molecule is Cc1c(Cl)cnn1C[C@@H](O)COc1cccc2[nH]ccc12. The summed E-state index contributed by atoms with van der Waals surface area (Å²) < 4.78 is 7.39. The molecule has 0 saturated carbocycles. The van der Waals surface area contributed by atoms with E-state index in [9.17, 15) is 5.11 Å². The van der Waals surface area contributed by atoms with Gasteiger partial charge >= 0.3 is 0 Å². The summed E-state index contributed by atoms with van der Waals surface area (Å²) >= 11 is 5.94. The van der Waals surface area contributed by atoms with Crippen molar-refractivity contribution >= 4 is 22.5 Å². The van der Waals surface area contributed by atoms with Crippen LogP contribution in [0.2, 0.25) is 5.02 Å². The number of hydrogen-bond acceptors (Lipinski definition) is 3. The second-order valence-corrected chi connectivity index (χ2v) is 5.33. The summed E-state index contributed by atoms with van der Waals surface area (Å²) in [5.41, 5.74) is 1.85. The van der Waals surface area contributed by atoms with E-state index in [0.29, 0.717) is 11.6 Å². The smallest absolute Gasteiger partial charge is 0.128 e. The van der Waals surface area contributed by atoms with Crippen molar-refractivity contribution in [1.29, 1.82) is 0 Å². The molecule has 1 aromatic carbocycles. The molecule has 0 aliphatic heterocycles. The predicted molar refractivity (Wildman–Crippen MR) is 81.8 cm³/mol. The van der Waals surface area contributed by atoms with E-state index in [1.54, 1.807) is 10.9 Å². The van der Waals surface area contributed by atoms with Crippen LogP contribution in [-0.2, 0) is 6.54 Å². The number of benzene rings is 1. The number of H-pyrrole nitrogens is 1. The fourth-order valence-corrected chi connectivity index (χ4v) is 2.37. The Morgan fingerprint density at radius 1 is 1.43 bits per heavy atom. The molecular weight excluding hydrogens is 290 g/mol. The molecule has 110 valence electrons. The number of ether oxygens (including phenoxy) is 1. The number of aromatic nitrogens is 3. The molecule has 0 amide bonds. The molecule has 0 fully saturated rings. The number of aliphatic hydroxyl groups is 1. The van der Waals surface area contributed by atoms with Crippen LogP contribution in [0.3, 0.4) is 0 Å². The van der Waals surface area contributed by atoms with Gasteiger partial charge in [0.25, 0.3) is 0 Å². The largest absolute Gasteiger partial charge is 0.490 e. The third kappa shape index (κ3) is 2.89. The number of rotatable bonds is 5. The van der Waals surface area contributed by atoms with Crippen molar-refractivity contribution < 1.29 is 9.84 Å². The van der Waals surface area contributed by atoms with Crippen LogP contribution < -0.4 is 4.74 Å². The zero-order valence-electron chi connectivity index (χ0n) is 11.6. The second-order valence-electron chi connectivity index (χ2n) is 4.92. The maximum atomic E-state index is 10.1. The normalized spacial score (nSPS) is 12.7. The summed E-state index contributed by atoms with van der Waals surface area (Å²) in [6.07, 6.45) is 2.78. The third-order valence-corrected chi connectivity index (χ3v) is 3.78. The Kier molecular flexibility index (Phi) is 3.86. The van der Waals surface area contributed by atoms with Crippen LogP contribution in [0.15, 0.2) is 36.7 Å². The van der Waals surface area contributed by atoms with Gasteiger partial charge in [0.2, 0.25) is 0 Å². The van der Waals surface area contributed by atoms with Gasteiger partial charge in [0.15, 0.2) is 0 Å². The Balaban J connectivity index is 1.64. The Bertz CT molecular complexity index is 750. The highest BCUT2D eigenvalue weighted by Crippen LogP contribution is 2.24. The standard InChI is InChI=1S/C15H16ClN3O2/c1-10-13(16)7-18-19(10)8-11(20)9-21-15-4-2-3-14-12(15)5-6-17-14/h2-7,11,17,20H,8-9H2,1H3/t11-/m1/s1. The van der Waals surface area contributed by atoms with Crippen molar-refractivity contribution in [2.75, 3.05) is 6.61 Å². The van der Waals surface area contributed by atoms with Crippen LogP contribution >= 0.6 is 11.6 Å². The minimum Gasteiger partial charge on any atom is -0.490 e. The third-order valence-electron chi connectivity index (χ3n) is 3.41. The van der Waals surface area contributed by atoms with Crippen LogP contribution in [0.4, 0.5) is 0 Å². The molecule has 21 heavy (non-hydrogen) atoms. The van der Waals surface area contributed by atoms with E-state index in [4.69, 9.17) is 16.3 Å². The first-order chi connectivity index (χ1) is 10.1. The minimum absolute atomic E-state index is 0.196. The van der Waals surface area contributed by atoms with E-state index in [-0.39, 0.29) is 6.61 Å². The van der Waals surface area contributed by atoms with Crippen molar-refractivity contribution in [1.82, 2.24) is 14.8 Å². The highest BCUT2D eigenvalue weighted by atomic mass is 35.5. The van der Waals surface area contributed by atoms with Gasteiger partial charge in [-0.3, -0.25) is 4.68 Å². The number of aromatic amines is 1. The topological polar surface area (TPSA) is 63.1 Å². The molecule has 5 nitrogen and oxygen atoms in total. The lowest BCUT2D eigenvalue weighted by atomic mass is 10.2. The van der Waals surface area contributed by atoms with Crippen LogP contribution in [0.25, 0.3) is 10.9 Å². The number of aliphatic hydroxyl groups excluding tert-OH is 1. The molecular formula is C15H16ClN3O2. The molecule has 2 heterocycles. The minimum atomic E-state index is -0.658. The van der Waals surface area contributed by atoms with Gasteiger partial charge in [-0.2, -0.15) is 5.10 Å². The molecule has 0 unspecified atom stereocenters. The summed E-state index contributed by atoms with van der Waals surface area (Å²) in [5, 5.41) is 15.8. The van der Waals surface area contributed by atoms with Gasteiger partial charge in [0, 0.05) is 17.1 Å². The molecule has 2 N–H and O–H groups in total. The number of halogens is 1. The van der Waals surface area contributed by atoms with Gasteiger partial charge in [-0.15, -0.1) is 0 Å². The maximum absolute atomic E-state index is 10.1. The fourth-order valence-electron chi connectivity index (χ4n) is 2.23. The van der Waals surface area contributed by atoms with Gasteiger partial charge in [-0.25, -0.2) is 0 Å². The average Bonchev–Trinajstić information content (AvgIpc) is 3.07. The highest BCUT2D eigenvalue weighted by molar-refractivity contribution is 6.31. The Morgan fingerprint density at radius 3 is 3.05 bits per heavy atom. The number of nitrogens with zero attached hydrogens (tertiary/aromatic N) is 2. The fraction of sp³-hybridized carbons (Fsp3) is 0.267. The van der Waals surface area contributed by atoms with Gasteiger partial charge in [-0.05, 0) is 25.1 Å². The summed E-state index contributed by atoms with van der Waals surface area (Å²) in [5.74, 6) is 0.753. The first-order valence-corrected chi connectivity index (χ1v) is 7.08. The Hall–Kier alpha value is -1.98. The summed E-state index contributed by atoms with van der Waals surface area (Å²) in [6, 6.07) is 7.74. The van der Waals surface area contributed by atoms with E-state index in [1.165, 1.54) is 0 Å². The highest BCUT2D eigenvalue weighted by Gasteiger charge is 2.11. The first-order valence-electron chi connectivity index (χ1n) is 6.70. The second kappa shape index (κ2) is 5.79. The zero-order chi connectivity index (χ0) is 14.8. The monoisotopic (exact) mass is 305 g/mol. The van der Waals surface area contributed by atoms with Crippen LogP contribution in [-0.4, -0.2) is 32.6 Å². The van der Waals surface area contributed by atoms with Gasteiger partial charge in [0.05, 0.1) is 23.5 Å². The van der Waals surface area contributed by atoms with Gasteiger partial charge in [-0.1, -0.05) is 17.7 Å². The molecule has 0 aliphatic rings. The van der Waals surface area contributed by atoms with Crippen molar-refractivity contribution in [3.05, 3.63) is 47.4 Å². The van der Waals surface area contributed by atoms with Crippen LogP contribution in [0.1, 0.15) is 5.69 Å². The summed E-state index contributed by atoms with van der Waals surface area (Å²) in [7, 11) is 0. The molecule has 1 atom stereocenters. The van der Waals surface area contributed by atoms with E-state index >= 15 is 0 Å². The lowest BCUT2D eigenvalue weighted by Crippen LogP contribution is -2.24. The number of nitrogens with one attached hydrogen (secondary N) is 1. The van der Waals surface area contributed by atoms with Crippen molar-refractivity contribution in [2.24, 2.45) is 0 Å². The van der Waals surface area contributed by atoms with Gasteiger partial charge in [0.1, 0.15) is 18.5 Å². The van der Waals surface area contributed by atoms with E-state index in [0.717, 1.165) is 22.3 Å². The lowest BCUT2D eigenvalue weighted by Gasteiger charge is -2.14. The molecule has 0 aliphatic carbocycles. The zero-order valence-corrected chi connectivity index (χ0v) is 12.3. The summed E-state index contributed by atoms with van der Waals surface area (Å²) in [6.45, 7) is 2.41. The molecule has 3 rings (SSSR count). The molecule has 0 radical (unpaired) electrons. The maximum Gasteiger partial charge on any atom is 0.128 e. The lowest BCUT2D eigenvalue weighted by molar-refractivity contribution is 0.0895. The van der Waals surface area contributed by atoms with E-state index in [1.807, 2.05) is 37.4 Å². The van der Waals surface area contributed by atoms with Crippen LogP contribution in [0.5, 0.6) is 5.75 Å². The number of fused-ring (bicyclic) bond motifs is 1. The molecule has 0 saturated heterocycles. The molecule has 2 aromatic heterocycles. The van der Waals surface area contributed by atoms with E-state index in [2.05, 4.69) is 10.1 Å². The average molecular weight is 306 g/mol.